The molecule has 5 nitrogen and oxygen atoms in total. The molecular weight excluding hydrogens is 278 g/mol. The van der Waals surface area contributed by atoms with E-state index in [1.807, 2.05) is 6.92 Å². The first-order chi connectivity index (χ1) is 10.5. The van der Waals surface area contributed by atoms with Gasteiger partial charge >= 0.3 is 6.03 Å². The summed E-state index contributed by atoms with van der Waals surface area (Å²) >= 11 is 0. The highest BCUT2D eigenvalue weighted by atomic mass is 16.2. The number of carbonyl (C=O) groups is 2. The van der Waals surface area contributed by atoms with Crippen molar-refractivity contribution in [2.24, 2.45) is 11.8 Å². The Hall–Kier alpha value is -1.10. The van der Waals surface area contributed by atoms with Crippen LogP contribution in [0.25, 0.3) is 0 Å². The second-order valence-corrected chi connectivity index (χ2v) is 7.58. The number of rotatable bonds is 4. The molecule has 2 aliphatic heterocycles. The van der Waals surface area contributed by atoms with Crippen LogP contribution in [0.5, 0.6) is 0 Å². The molecule has 2 saturated heterocycles. The van der Waals surface area contributed by atoms with E-state index in [4.69, 9.17) is 0 Å². The number of likely N-dealkylation sites (tertiary alicyclic amines) is 1. The van der Waals surface area contributed by atoms with Crippen molar-refractivity contribution >= 4 is 11.9 Å². The molecule has 3 fully saturated rings. The number of nitrogens with zero attached hydrogens (tertiary/aromatic N) is 2. The normalized spacial score (nSPS) is 34.5. The zero-order valence-electron chi connectivity index (χ0n) is 13.9. The molecule has 1 N–H and O–H groups in total. The van der Waals surface area contributed by atoms with Crippen molar-refractivity contribution in [2.45, 2.75) is 57.4 Å². The summed E-state index contributed by atoms with van der Waals surface area (Å²) in [6.45, 7) is 5.12. The summed E-state index contributed by atoms with van der Waals surface area (Å²) in [4.78, 5) is 28.0. The predicted octanol–water partition coefficient (Wildman–Crippen LogP) is 2.22. The molecule has 0 radical (unpaired) electrons. The molecule has 2 atom stereocenters. The Bertz CT molecular complexity index is 447. The molecule has 5 heteroatoms. The summed E-state index contributed by atoms with van der Waals surface area (Å²) < 4.78 is 0. The topological polar surface area (TPSA) is 52.7 Å². The Labute approximate surface area is 133 Å². The van der Waals surface area contributed by atoms with Gasteiger partial charge < -0.3 is 10.2 Å². The molecule has 22 heavy (non-hydrogen) atoms. The molecule has 2 heterocycles. The van der Waals surface area contributed by atoms with Crippen molar-refractivity contribution < 1.29 is 9.59 Å². The van der Waals surface area contributed by atoms with Gasteiger partial charge in [0, 0.05) is 19.5 Å². The first-order valence-corrected chi connectivity index (χ1v) is 8.83. The second-order valence-electron chi connectivity index (χ2n) is 7.58. The highest BCUT2D eigenvalue weighted by molar-refractivity contribution is 6.06. The molecule has 0 aromatic heterocycles. The third kappa shape index (κ3) is 2.87. The van der Waals surface area contributed by atoms with E-state index in [1.54, 1.807) is 7.05 Å². The Kier molecular flexibility index (Phi) is 4.44. The van der Waals surface area contributed by atoms with Gasteiger partial charge in [-0.3, -0.25) is 9.69 Å². The van der Waals surface area contributed by atoms with Crippen molar-refractivity contribution in [1.29, 1.82) is 0 Å². The van der Waals surface area contributed by atoms with Gasteiger partial charge in [-0.2, -0.15) is 0 Å². The van der Waals surface area contributed by atoms with E-state index in [0.29, 0.717) is 0 Å². The average molecular weight is 307 g/mol. The molecule has 1 saturated carbocycles. The minimum absolute atomic E-state index is 0.0693. The molecule has 0 aromatic rings. The average Bonchev–Trinajstić information content (AvgIpc) is 3.10. The lowest BCUT2D eigenvalue weighted by atomic mass is 9.80. The number of carbonyl (C=O) groups excluding carboxylic acids is 2. The first kappa shape index (κ1) is 15.8. The molecule has 1 aliphatic carbocycles. The van der Waals surface area contributed by atoms with Gasteiger partial charge in [0.15, 0.2) is 0 Å². The van der Waals surface area contributed by atoms with Crippen LogP contribution in [0.1, 0.15) is 51.9 Å². The Morgan fingerprint density at radius 2 is 1.91 bits per heavy atom. The van der Waals surface area contributed by atoms with Gasteiger partial charge in [-0.15, -0.1) is 0 Å². The van der Waals surface area contributed by atoms with E-state index in [-0.39, 0.29) is 17.9 Å². The number of urea groups is 1. The number of hydrogen-bond acceptors (Lipinski definition) is 3. The molecule has 3 rings (SSSR count). The number of likely N-dealkylation sites (N-methyl/N-ethyl adjacent to an activating group) is 1. The van der Waals surface area contributed by atoms with Gasteiger partial charge in [-0.25, -0.2) is 4.79 Å². The van der Waals surface area contributed by atoms with Crippen molar-refractivity contribution in [3.8, 4) is 0 Å². The van der Waals surface area contributed by atoms with Crippen molar-refractivity contribution in [2.75, 3.05) is 26.7 Å². The number of imide groups is 1. The maximum absolute atomic E-state index is 12.4. The van der Waals surface area contributed by atoms with E-state index in [0.717, 1.165) is 38.4 Å². The lowest BCUT2D eigenvalue weighted by molar-refractivity contribution is -0.132. The number of hydrogen-bond donors (Lipinski definition) is 1. The van der Waals surface area contributed by atoms with E-state index < -0.39 is 5.54 Å². The molecule has 0 unspecified atom stereocenters. The molecule has 0 aromatic carbocycles. The smallest absolute Gasteiger partial charge is 0.323 e. The zero-order valence-corrected chi connectivity index (χ0v) is 13.9. The monoisotopic (exact) mass is 307 g/mol. The molecule has 124 valence electrons. The minimum Gasteiger partial charge on any atom is -0.323 e. The lowest BCUT2D eigenvalue weighted by Crippen LogP contribution is -2.55. The van der Waals surface area contributed by atoms with Crippen LogP contribution in [0.3, 0.4) is 0 Å². The zero-order chi connectivity index (χ0) is 15.7. The van der Waals surface area contributed by atoms with Crippen LogP contribution in [0.2, 0.25) is 0 Å². The van der Waals surface area contributed by atoms with E-state index >= 15 is 0 Å². The summed E-state index contributed by atoms with van der Waals surface area (Å²) in [7, 11) is 1.57. The maximum atomic E-state index is 12.4. The van der Waals surface area contributed by atoms with Gasteiger partial charge in [0.25, 0.3) is 5.91 Å². The van der Waals surface area contributed by atoms with Gasteiger partial charge in [-0.05, 0) is 45.2 Å². The third-order valence-corrected chi connectivity index (χ3v) is 6.07. The Morgan fingerprint density at radius 3 is 2.55 bits per heavy atom. The fraction of sp³-hybridized carbons (Fsp3) is 0.882. The summed E-state index contributed by atoms with van der Waals surface area (Å²) in [6.07, 6.45) is 9.04. The number of piperidine rings is 1. The summed E-state index contributed by atoms with van der Waals surface area (Å²) in [5.41, 5.74) is -0.710. The number of amides is 3. The lowest BCUT2D eigenvalue weighted by Gasteiger charge is -2.40. The van der Waals surface area contributed by atoms with Crippen LogP contribution in [0, 0.1) is 11.8 Å². The van der Waals surface area contributed by atoms with Gasteiger partial charge in [0.2, 0.25) is 0 Å². The first-order valence-electron chi connectivity index (χ1n) is 8.83. The van der Waals surface area contributed by atoms with E-state index in [1.165, 1.54) is 37.0 Å². The number of nitrogens with one attached hydrogen (secondary N) is 1. The molecule has 0 bridgehead atoms. The molecular formula is C17H29N3O2. The maximum Gasteiger partial charge on any atom is 0.324 e. The van der Waals surface area contributed by atoms with Crippen LogP contribution in [-0.4, -0.2) is 54.0 Å². The highest BCUT2D eigenvalue weighted by Gasteiger charge is 2.51. The second kappa shape index (κ2) is 6.19. The van der Waals surface area contributed by atoms with E-state index in [9.17, 15) is 9.59 Å². The molecule has 3 aliphatic rings. The third-order valence-electron chi connectivity index (χ3n) is 6.07. The van der Waals surface area contributed by atoms with Gasteiger partial charge in [0.05, 0.1) is 0 Å². The minimum atomic E-state index is -0.710. The Balaban J connectivity index is 1.58. The standard InChI is InChI=1S/C17H29N3O2/c1-17(15(21)19(2)16(22)18-17)14-8-5-10-20(12-14)11-9-13-6-3-4-7-13/h13-14H,3-12H2,1-2H3,(H,18,22)/t14-,17+/m1/s1. The summed E-state index contributed by atoms with van der Waals surface area (Å²) in [5.74, 6) is 1.07. The SMILES string of the molecule is CN1C(=O)N[C@@](C)([C@@H]2CCCN(CCC3CCCC3)C2)C1=O. The van der Waals surface area contributed by atoms with Gasteiger partial charge in [0.1, 0.15) is 5.54 Å². The quantitative estimate of drug-likeness (QED) is 0.810. The van der Waals surface area contributed by atoms with Crippen LogP contribution in [-0.2, 0) is 4.79 Å². The van der Waals surface area contributed by atoms with E-state index in [2.05, 4.69) is 10.2 Å². The fourth-order valence-electron chi connectivity index (χ4n) is 4.47. The van der Waals surface area contributed by atoms with Crippen LogP contribution in [0.15, 0.2) is 0 Å². The predicted molar refractivity (Wildman–Crippen MR) is 85.4 cm³/mol. The summed E-state index contributed by atoms with van der Waals surface area (Å²) in [5, 5.41) is 2.93. The largest absolute Gasteiger partial charge is 0.324 e. The van der Waals surface area contributed by atoms with Crippen LogP contribution < -0.4 is 5.32 Å². The van der Waals surface area contributed by atoms with Crippen molar-refractivity contribution in [3.63, 3.8) is 0 Å². The highest BCUT2D eigenvalue weighted by Crippen LogP contribution is 2.33. The van der Waals surface area contributed by atoms with Crippen LogP contribution >= 0.6 is 0 Å². The van der Waals surface area contributed by atoms with Gasteiger partial charge in [-0.1, -0.05) is 25.7 Å². The molecule has 3 amide bonds. The fourth-order valence-corrected chi connectivity index (χ4v) is 4.47. The van der Waals surface area contributed by atoms with Crippen molar-refractivity contribution in [1.82, 2.24) is 15.1 Å². The van der Waals surface area contributed by atoms with Crippen LogP contribution in [0.4, 0.5) is 4.79 Å². The van der Waals surface area contributed by atoms with Crippen molar-refractivity contribution in [3.05, 3.63) is 0 Å². The Morgan fingerprint density at radius 1 is 1.18 bits per heavy atom. The molecule has 0 spiro atoms. The summed E-state index contributed by atoms with van der Waals surface area (Å²) in [6, 6.07) is -0.254.